The summed E-state index contributed by atoms with van der Waals surface area (Å²) in [7, 11) is 0. The zero-order chi connectivity index (χ0) is 15.3. The van der Waals surface area contributed by atoms with Gasteiger partial charge in [0.15, 0.2) is 0 Å². The van der Waals surface area contributed by atoms with Crippen LogP contribution in [0.15, 0.2) is 0 Å². The van der Waals surface area contributed by atoms with Crippen molar-refractivity contribution >= 4 is 21.8 Å². The highest BCUT2D eigenvalue weighted by atomic mass is 79.9. The number of rotatable bonds is 11. The number of amides is 1. The Morgan fingerprint density at radius 1 is 0.952 bits per heavy atom. The second-order valence-corrected chi connectivity index (χ2v) is 7.20. The van der Waals surface area contributed by atoms with Gasteiger partial charge in [-0.3, -0.25) is 4.79 Å². The van der Waals surface area contributed by atoms with Gasteiger partial charge in [0.2, 0.25) is 5.91 Å². The highest BCUT2D eigenvalue weighted by Gasteiger charge is 2.21. The van der Waals surface area contributed by atoms with E-state index in [0.717, 1.165) is 37.2 Å². The van der Waals surface area contributed by atoms with Crippen molar-refractivity contribution < 1.29 is 4.79 Å². The van der Waals surface area contributed by atoms with Gasteiger partial charge in [0.1, 0.15) is 0 Å². The number of piperidine rings is 1. The minimum Gasteiger partial charge on any atom is -0.343 e. The molecule has 0 radical (unpaired) electrons. The van der Waals surface area contributed by atoms with Gasteiger partial charge < -0.3 is 4.90 Å². The van der Waals surface area contributed by atoms with Gasteiger partial charge in [-0.05, 0) is 25.2 Å². The number of hydrogen-bond donors (Lipinski definition) is 0. The van der Waals surface area contributed by atoms with Crippen molar-refractivity contribution in [3.05, 3.63) is 0 Å². The maximum absolute atomic E-state index is 12.1. The first-order valence-corrected chi connectivity index (χ1v) is 10.2. The van der Waals surface area contributed by atoms with Crippen LogP contribution in [0.4, 0.5) is 0 Å². The molecule has 0 aromatic heterocycles. The molecule has 3 heteroatoms. The Kier molecular flexibility index (Phi) is 11.3. The number of carbonyl (C=O) groups is 1. The van der Waals surface area contributed by atoms with Crippen molar-refractivity contribution in [1.82, 2.24) is 4.90 Å². The zero-order valence-electron chi connectivity index (χ0n) is 13.9. The monoisotopic (exact) mass is 359 g/mol. The van der Waals surface area contributed by atoms with Crippen molar-refractivity contribution in [2.75, 3.05) is 18.4 Å². The largest absolute Gasteiger partial charge is 0.343 e. The molecule has 1 amide bonds. The molecule has 0 spiro atoms. The zero-order valence-corrected chi connectivity index (χ0v) is 15.5. The molecule has 0 unspecified atom stereocenters. The average Bonchev–Trinajstić information content (AvgIpc) is 2.53. The molecule has 2 nitrogen and oxygen atoms in total. The summed E-state index contributed by atoms with van der Waals surface area (Å²) in [6.45, 7) is 4.22. The molecule has 1 saturated heterocycles. The van der Waals surface area contributed by atoms with Crippen LogP contribution in [-0.4, -0.2) is 29.2 Å². The van der Waals surface area contributed by atoms with E-state index in [1.165, 1.54) is 64.2 Å². The lowest BCUT2D eigenvalue weighted by atomic mass is 9.98. The Morgan fingerprint density at radius 2 is 1.48 bits per heavy atom. The fraction of sp³-hybridized carbons (Fsp3) is 0.944. The summed E-state index contributed by atoms with van der Waals surface area (Å²) in [4.78, 5) is 14.2. The van der Waals surface area contributed by atoms with Crippen molar-refractivity contribution in [2.45, 2.75) is 84.0 Å². The maximum atomic E-state index is 12.1. The van der Waals surface area contributed by atoms with Crippen molar-refractivity contribution in [2.24, 2.45) is 5.92 Å². The second kappa shape index (κ2) is 12.5. The van der Waals surface area contributed by atoms with Crippen molar-refractivity contribution in [3.63, 3.8) is 0 Å². The molecule has 21 heavy (non-hydrogen) atoms. The molecule has 1 heterocycles. The van der Waals surface area contributed by atoms with Crippen LogP contribution in [0, 0.1) is 5.92 Å². The number of nitrogens with zero attached hydrogens (tertiary/aromatic N) is 1. The topological polar surface area (TPSA) is 20.3 Å². The Bertz CT molecular complexity index is 262. The van der Waals surface area contributed by atoms with E-state index in [4.69, 9.17) is 0 Å². The van der Waals surface area contributed by atoms with Gasteiger partial charge in [0, 0.05) is 24.8 Å². The molecule has 1 rings (SSSR count). The minimum absolute atomic E-state index is 0.394. The molecule has 0 bridgehead atoms. The molecule has 1 aliphatic heterocycles. The lowest BCUT2D eigenvalue weighted by Crippen LogP contribution is -2.38. The van der Waals surface area contributed by atoms with E-state index in [0.29, 0.717) is 5.91 Å². The van der Waals surface area contributed by atoms with Gasteiger partial charge >= 0.3 is 0 Å². The lowest BCUT2D eigenvalue weighted by Gasteiger charge is -2.31. The Balaban J connectivity index is 1.92. The van der Waals surface area contributed by atoms with Gasteiger partial charge in [-0.25, -0.2) is 0 Å². The van der Waals surface area contributed by atoms with E-state index >= 15 is 0 Å². The summed E-state index contributed by atoms with van der Waals surface area (Å²) in [6.07, 6.45) is 15.0. The molecule has 0 atom stereocenters. The summed E-state index contributed by atoms with van der Waals surface area (Å²) >= 11 is 3.55. The fourth-order valence-corrected chi connectivity index (χ4v) is 3.73. The van der Waals surface area contributed by atoms with E-state index in [9.17, 15) is 4.79 Å². The van der Waals surface area contributed by atoms with Crippen LogP contribution in [0.3, 0.4) is 0 Å². The standard InChI is InChI=1S/C18H34BrNO/c1-2-3-4-5-6-7-8-9-10-11-18(21)20-14-12-17(16-19)13-15-20/h17H,2-16H2,1H3. The quantitative estimate of drug-likeness (QED) is 0.350. The molecule has 1 fully saturated rings. The highest BCUT2D eigenvalue weighted by Crippen LogP contribution is 2.20. The molecule has 0 aromatic carbocycles. The van der Waals surface area contributed by atoms with Crippen LogP contribution in [-0.2, 0) is 4.79 Å². The predicted octanol–water partition coefficient (Wildman–Crippen LogP) is 5.54. The van der Waals surface area contributed by atoms with Crippen LogP contribution in [0.5, 0.6) is 0 Å². The maximum Gasteiger partial charge on any atom is 0.222 e. The van der Waals surface area contributed by atoms with Gasteiger partial charge in [-0.1, -0.05) is 74.2 Å². The molecule has 0 aromatic rings. The molecule has 0 saturated carbocycles. The first-order chi connectivity index (χ1) is 10.3. The average molecular weight is 360 g/mol. The predicted molar refractivity (Wildman–Crippen MR) is 94.9 cm³/mol. The van der Waals surface area contributed by atoms with Crippen LogP contribution in [0.25, 0.3) is 0 Å². The van der Waals surface area contributed by atoms with E-state index < -0.39 is 0 Å². The summed E-state index contributed by atoms with van der Waals surface area (Å²) in [6, 6.07) is 0. The molecule has 0 N–H and O–H groups in total. The number of hydrogen-bond acceptors (Lipinski definition) is 1. The van der Waals surface area contributed by atoms with Gasteiger partial charge in [-0.15, -0.1) is 0 Å². The minimum atomic E-state index is 0.394. The van der Waals surface area contributed by atoms with E-state index in [-0.39, 0.29) is 0 Å². The van der Waals surface area contributed by atoms with Crippen molar-refractivity contribution in [3.8, 4) is 0 Å². The van der Waals surface area contributed by atoms with Gasteiger partial charge in [0.05, 0.1) is 0 Å². The third kappa shape index (κ3) is 8.85. The van der Waals surface area contributed by atoms with Crippen LogP contribution in [0.2, 0.25) is 0 Å². The first-order valence-electron chi connectivity index (χ1n) is 9.11. The van der Waals surface area contributed by atoms with E-state index in [1.807, 2.05) is 0 Å². The summed E-state index contributed by atoms with van der Waals surface area (Å²) in [5, 5.41) is 1.09. The number of likely N-dealkylation sites (tertiary alicyclic amines) is 1. The number of halogens is 1. The van der Waals surface area contributed by atoms with Gasteiger partial charge in [-0.2, -0.15) is 0 Å². The Labute approximate surface area is 140 Å². The normalized spacial score (nSPS) is 16.4. The number of carbonyl (C=O) groups excluding carboxylic acids is 1. The SMILES string of the molecule is CCCCCCCCCCCC(=O)N1CCC(CBr)CC1. The smallest absolute Gasteiger partial charge is 0.222 e. The number of unbranched alkanes of at least 4 members (excludes halogenated alkanes) is 8. The lowest BCUT2D eigenvalue weighted by molar-refractivity contribution is -0.132. The van der Waals surface area contributed by atoms with E-state index in [1.54, 1.807) is 0 Å². The van der Waals surface area contributed by atoms with Gasteiger partial charge in [0.25, 0.3) is 0 Å². The molecular weight excluding hydrogens is 326 g/mol. The summed E-state index contributed by atoms with van der Waals surface area (Å²) < 4.78 is 0. The first kappa shape index (κ1) is 19.0. The van der Waals surface area contributed by atoms with Crippen LogP contribution < -0.4 is 0 Å². The Morgan fingerprint density at radius 3 is 2.00 bits per heavy atom. The summed E-state index contributed by atoms with van der Waals surface area (Å²) in [5.74, 6) is 1.17. The van der Waals surface area contributed by atoms with Crippen LogP contribution in [0.1, 0.15) is 84.0 Å². The van der Waals surface area contributed by atoms with Crippen molar-refractivity contribution in [1.29, 1.82) is 0 Å². The van der Waals surface area contributed by atoms with Crippen LogP contribution >= 0.6 is 15.9 Å². The fourth-order valence-electron chi connectivity index (χ4n) is 3.08. The number of alkyl halides is 1. The highest BCUT2D eigenvalue weighted by molar-refractivity contribution is 9.09. The third-order valence-electron chi connectivity index (χ3n) is 4.68. The summed E-state index contributed by atoms with van der Waals surface area (Å²) in [5.41, 5.74) is 0. The third-order valence-corrected chi connectivity index (χ3v) is 5.60. The molecular formula is C18H34BrNO. The second-order valence-electron chi connectivity index (χ2n) is 6.56. The molecule has 1 aliphatic rings. The Hall–Kier alpha value is -0.0500. The molecule has 124 valence electrons. The van der Waals surface area contributed by atoms with E-state index in [2.05, 4.69) is 27.8 Å². The molecule has 0 aliphatic carbocycles.